The molecule has 0 bridgehead atoms. The minimum absolute atomic E-state index is 0.0657. The molecule has 1 unspecified atom stereocenters. The number of pyridine rings is 1. The number of amides is 1. The van der Waals surface area contributed by atoms with Crippen molar-refractivity contribution in [3.05, 3.63) is 50.4 Å². The van der Waals surface area contributed by atoms with Crippen LogP contribution in [-0.4, -0.2) is 10.9 Å². The molecule has 5 heteroatoms. The lowest BCUT2D eigenvalue weighted by molar-refractivity contribution is 0.0931. The van der Waals surface area contributed by atoms with Crippen molar-refractivity contribution in [1.82, 2.24) is 10.3 Å². The Morgan fingerprint density at radius 3 is 3.21 bits per heavy atom. The van der Waals surface area contributed by atoms with Crippen molar-refractivity contribution in [2.24, 2.45) is 0 Å². The first-order valence-corrected chi connectivity index (χ1v) is 7.90. The number of aromatic nitrogens is 1. The monoisotopic (exact) mass is 336 g/mol. The van der Waals surface area contributed by atoms with Gasteiger partial charge in [-0.05, 0) is 64.3 Å². The summed E-state index contributed by atoms with van der Waals surface area (Å²) >= 11 is 5.10. The molecule has 0 aromatic carbocycles. The average Bonchev–Trinajstić information content (AvgIpc) is 2.88. The van der Waals surface area contributed by atoms with Crippen LogP contribution >= 0.6 is 27.3 Å². The van der Waals surface area contributed by atoms with Crippen LogP contribution in [0.3, 0.4) is 0 Å². The zero-order valence-electron chi connectivity index (χ0n) is 10.2. The van der Waals surface area contributed by atoms with Gasteiger partial charge in [0.15, 0.2) is 0 Å². The van der Waals surface area contributed by atoms with Gasteiger partial charge in [0.25, 0.3) is 5.91 Å². The lowest BCUT2D eigenvalue weighted by Gasteiger charge is -2.23. The number of aryl methyl sites for hydroxylation is 1. The molecule has 2 aromatic rings. The molecular weight excluding hydrogens is 324 g/mol. The Morgan fingerprint density at radius 1 is 1.47 bits per heavy atom. The van der Waals surface area contributed by atoms with Gasteiger partial charge in [0.2, 0.25) is 0 Å². The Balaban J connectivity index is 1.80. The molecule has 0 spiro atoms. The Morgan fingerprint density at radius 2 is 2.37 bits per heavy atom. The largest absolute Gasteiger partial charge is 0.345 e. The number of nitrogens with zero attached hydrogens (tertiary/aromatic N) is 1. The van der Waals surface area contributed by atoms with Gasteiger partial charge in [-0.15, -0.1) is 11.3 Å². The third kappa shape index (κ3) is 2.58. The third-order valence-electron chi connectivity index (χ3n) is 3.36. The van der Waals surface area contributed by atoms with E-state index in [9.17, 15) is 4.79 Å². The average molecular weight is 337 g/mol. The number of hydrogen-bond donors (Lipinski definition) is 1. The van der Waals surface area contributed by atoms with Crippen LogP contribution in [0, 0.1) is 0 Å². The van der Waals surface area contributed by atoms with Gasteiger partial charge >= 0.3 is 0 Å². The van der Waals surface area contributed by atoms with Crippen LogP contribution in [-0.2, 0) is 6.42 Å². The van der Waals surface area contributed by atoms with Crippen molar-refractivity contribution in [3.63, 3.8) is 0 Å². The van der Waals surface area contributed by atoms with Gasteiger partial charge in [-0.2, -0.15) is 0 Å². The van der Waals surface area contributed by atoms with Crippen LogP contribution in [0.2, 0.25) is 0 Å². The smallest absolute Gasteiger partial charge is 0.254 e. The Kier molecular flexibility index (Phi) is 3.66. The lowest BCUT2D eigenvalue weighted by Crippen LogP contribution is -2.30. The highest BCUT2D eigenvalue weighted by molar-refractivity contribution is 9.10. The maximum Gasteiger partial charge on any atom is 0.254 e. The highest BCUT2D eigenvalue weighted by Gasteiger charge is 2.23. The summed E-state index contributed by atoms with van der Waals surface area (Å²) in [5.41, 5.74) is 1.87. The fraction of sp³-hybridized carbons (Fsp3) is 0.286. The fourth-order valence-electron chi connectivity index (χ4n) is 2.43. The van der Waals surface area contributed by atoms with Gasteiger partial charge in [-0.3, -0.25) is 4.79 Å². The van der Waals surface area contributed by atoms with E-state index in [0.29, 0.717) is 10.2 Å². The van der Waals surface area contributed by atoms with Crippen molar-refractivity contribution in [2.45, 2.75) is 25.3 Å². The Hall–Kier alpha value is -1.20. The van der Waals surface area contributed by atoms with Crippen molar-refractivity contribution in [2.75, 3.05) is 0 Å². The van der Waals surface area contributed by atoms with E-state index < -0.39 is 0 Å². The molecule has 1 aliphatic rings. The van der Waals surface area contributed by atoms with E-state index in [-0.39, 0.29) is 11.9 Å². The molecule has 3 rings (SSSR count). The van der Waals surface area contributed by atoms with Gasteiger partial charge in [-0.25, -0.2) is 4.98 Å². The number of carbonyl (C=O) groups excluding carboxylic acids is 1. The second kappa shape index (κ2) is 5.43. The van der Waals surface area contributed by atoms with E-state index in [1.807, 2.05) is 0 Å². The highest BCUT2D eigenvalue weighted by atomic mass is 79.9. The molecule has 98 valence electrons. The fourth-order valence-corrected chi connectivity index (χ4v) is 3.85. The number of halogens is 1. The predicted molar refractivity (Wildman–Crippen MR) is 79.4 cm³/mol. The molecule has 2 aromatic heterocycles. The van der Waals surface area contributed by atoms with E-state index in [1.54, 1.807) is 29.7 Å². The first kappa shape index (κ1) is 12.8. The van der Waals surface area contributed by atoms with Crippen molar-refractivity contribution < 1.29 is 4.79 Å². The van der Waals surface area contributed by atoms with E-state index >= 15 is 0 Å². The summed E-state index contributed by atoms with van der Waals surface area (Å²) in [6.07, 6.45) is 4.94. The highest BCUT2D eigenvalue weighted by Crippen LogP contribution is 2.33. The summed E-state index contributed by atoms with van der Waals surface area (Å²) in [5.74, 6) is -0.0657. The minimum atomic E-state index is -0.0657. The standard InChI is InChI=1S/C14H13BrN2OS/c15-13-10(3-2-7-16-13)14(18)17-11-4-1-5-12-9(11)6-8-19-12/h2-3,6-8,11H,1,4-5H2,(H,17,18). The second-order valence-corrected chi connectivity index (χ2v) is 6.31. The molecule has 1 N–H and O–H groups in total. The molecule has 19 heavy (non-hydrogen) atoms. The third-order valence-corrected chi connectivity index (χ3v) is 4.99. The summed E-state index contributed by atoms with van der Waals surface area (Å²) in [6, 6.07) is 5.82. The van der Waals surface area contributed by atoms with Crippen LogP contribution in [0.15, 0.2) is 34.4 Å². The minimum Gasteiger partial charge on any atom is -0.345 e. The van der Waals surface area contributed by atoms with Crippen molar-refractivity contribution in [1.29, 1.82) is 0 Å². The number of hydrogen-bond acceptors (Lipinski definition) is 3. The van der Waals surface area contributed by atoms with Crippen LogP contribution in [0.5, 0.6) is 0 Å². The molecule has 0 saturated heterocycles. The summed E-state index contributed by atoms with van der Waals surface area (Å²) in [6.45, 7) is 0. The van der Waals surface area contributed by atoms with Gasteiger partial charge in [0.1, 0.15) is 4.60 Å². The maximum atomic E-state index is 12.3. The molecule has 0 saturated carbocycles. The Bertz CT molecular complexity index is 611. The van der Waals surface area contributed by atoms with Crippen LogP contribution < -0.4 is 5.32 Å². The first-order chi connectivity index (χ1) is 9.25. The van der Waals surface area contributed by atoms with Gasteiger partial charge in [0.05, 0.1) is 11.6 Å². The molecule has 1 aliphatic carbocycles. The number of carbonyl (C=O) groups is 1. The molecule has 0 aliphatic heterocycles. The second-order valence-electron chi connectivity index (χ2n) is 4.56. The number of fused-ring (bicyclic) bond motifs is 1. The van der Waals surface area contributed by atoms with Crippen LogP contribution in [0.4, 0.5) is 0 Å². The quantitative estimate of drug-likeness (QED) is 0.849. The van der Waals surface area contributed by atoms with E-state index in [1.165, 1.54) is 10.4 Å². The molecule has 3 nitrogen and oxygen atoms in total. The van der Waals surface area contributed by atoms with Gasteiger partial charge in [0, 0.05) is 11.1 Å². The summed E-state index contributed by atoms with van der Waals surface area (Å²) in [5, 5.41) is 5.22. The van der Waals surface area contributed by atoms with E-state index in [0.717, 1.165) is 19.3 Å². The molecular formula is C14H13BrN2OS. The van der Waals surface area contributed by atoms with Crippen molar-refractivity contribution >= 4 is 33.2 Å². The number of thiophene rings is 1. The zero-order valence-corrected chi connectivity index (χ0v) is 12.6. The molecule has 1 atom stereocenters. The predicted octanol–water partition coefficient (Wildman–Crippen LogP) is 3.71. The van der Waals surface area contributed by atoms with Gasteiger partial charge < -0.3 is 5.32 Å². The van der Waals surface area contributed by atoms with Gasteiger partial charge in [-0.1, -0.05) is 0 Å². The molecule has 0 radical (unpaired) electrons. The number of nitrogens with one attached hydrogen (secondary N) is 1. The molecule has 2 heterocycles. The Labute approximate surface area is 124 Å². The first-order valence-electron chi connectivity index (χ1n) is 6.23. The normalized spacial score (nSPS) is 17.8. The van der Waals surface area contributed by atoms with Crippen LogP contribution in [0.25, 0.3) is 0 Å². The lowest BCUT2D eigenvalue weighted by atomic mass is 9.94. The summed E-state index contributed by atoms with van der Waals surface area (Å²) in [4.78, 5) is 17.8. The zero-order chi connectivity index (χ0) is 13.2. The van der Waals surface area contributed by atoms with Crippen molar-refractivity contribution in [3.8, 4) is 0 Å². The SMILES string of the molecule is O=C(NC1CCCc2sccc21)c1cccnc1Br. The van der Waals surface area contributed by atoms with Crippen LogP contribution in [0.1, 0.15) is 39.7 Å². The maximum absolute atomic E-state index is 12.3. The van der Waals surface area contributed by atoms with E-state index in [4.69, 9.17) is 0 Å². The molecule has 0 fully saturated rings. The summed E-state index contributed by atoms with van der Waals surface area (Å²) in [7, 11) is 0. The summed E-state index contributed by atoms with van der Waals surface area (Å²) < 4.78 is 0.592. The topological polar surface area (TPSA) is 42.0 Å². The van der Waals surface area contributed by atoms with E-state index in [2.05, 4.69) is 37.7 Å². The molecule has 1 amide bonds. The number of rotatable bonds is 2.